The van der Waals surface area contributed by atoms with Gasteiger partial charge in [-0.1, -0.05) is 39.8 Å². The first-order valence-electron chi connectivity index (χ1n) is 17.3. The van der Waals surface area contributed by atoms with Crippen molar-refractivity contribution in [3.63, 3.8) is 0 Å². The van der Waals surface area contributed by atoms with Crippen molar-refractivity contribution in [3.8, 4) is 0 Å². The van der Waals surface area contributed by atoms with E-state index in [0.717, 1.165) is 0 Å². The lowest BCUT2D eigenvalue weighted by Gasteiger charge is -2.65. The van der Waals surface area contributed by atoms with Gasteiger partial charge in [0, 0.05) is 12.3 Å². The lowest BCUT2D eigenvalue weighted by Crippen LogP contribution is -2.68. The second-order valence-electron chi connectivity index (χ2n) is 16.0. The molecule has 1 aliphatic heterocycles. The molecule has 9 N–H and O–H groups in total. The lowest BCUT2D eigenvalue weighted by molar-refractivity contribution is -0.297. The van der Waals surface area contributed by atoms with Gasteiger partial charge >= 0.3 is 10.4 Å². The Morgan fingerprint density at radius 3 is 2.25 bits per heavy atom. The highest BCUT2D eigenvalue weighted by molar-refractivity contribution is 7.80. The highest BCUT2D eigenvalue weighted by atomic mass is 32.3. The molecule has 14 nitrogen and oxygen atoms in total. The van der Waals surface area contributed by atoms with Gasteiger partial charge in [-0.15, -0.1) is 0 Å². The van der Waals surface area contributed by atoms with E-state index in [1.54, 1.807) is 0 Å². The summed E-state index contributed by atoms with van der Waals surface area (Å²) < 4.78 is 46.6. The minimum atomic E-state index is -5.00. The molecule has 5 fully saturated rings. The van der Waals surface area contributed by atoms with Crippen molar-refractivity contribution in [2.45, 2.75) is 133 Å². The topological polar surface area (TPSA) is 244 Å². The fourth-order valence-electron chi connectivity index (χ4n) is 10.8. The zero-order valence-electron chi connectivity index (χ0n) is 28.2. The Hall–Kier alpha value is -0.790. The van der Waals surface area contributed by atoms with E-state index in [1.165, 1.54) is 0 Å². The van der Waals surface area contributed by atoms with Crippen molar-refractivity contribution in [2.24, 2.45) is 46.3 Å². The lowest BCUT2D eigenvalue weighted by atomic mass is 9.42. The molecule has 18 unspecified atom stereocenters. The number of allylic oxidation sites excluding steroid dienone is 2. The number of rotatable bonds is 10. The Balaban J connectivity index is 1.22. The summed E-state index contributed by atoms with van der Waals surface area (Å²) >= 11 is 0. The third kappa shape index (κ3) is 6.77. The van der Waals surface area contributed by atoms with Crippen LogP contribution in [0.4, 0.5) is 0 Å². The molecule has 4 saturated carbocycles. The summed E-state index contributed by atoms with van der Waals surface area (Å²) in [5, 5.41) is 87.5. The van der Waals surface area contributed by atoms with Gasteiger partial charge < -0.3 is 50.3 Å². The SMILES string of the molecule is CC(C=CC(C)C1C(O)C(O)C2C1(C)CCC1C3(C)CCC(O)CC3C(O)CC12O)CCOC1OC(CO)C(OS(=O)(=O)O)C(O)C1O. The van der Waals surface area contributed by atoms with Crippen LogP contribution < -0.4 is 0 Å². The molecular formula is C33H56O14S. The first-order valence-corrected chi connectivity index (χ1v) is 18.7. The molecular weight excluding hydrogens is 652 g/mol. The van der Waals surface area contributed by atoms with Crippen LogP contribution in [0.25, 0.3) is 0 Å². The van der Waals surface area contributed by atoms with Crippen molar-refractivity contribution >= 4 is 10.4 Å². The molecule has 18 atom stereocenters. The second kappa shape index (κ2) is 14.0. The summed E-state index contributed by atoms with van der Waals surface area (Å²) in [5.41, 5.74) is -2.35. The van der Waals surface area contributed by atoms with Crippen molar-refractivity contribution in [1.82, 2.24) is 0 Å². The number of aliphatic hydroxyl groups is 8. The van der Waals surface area contributed by atoms with Gasteiger partial charge in [-0.2, -0.15) is 8.42 Å². The molecule has 0 radical (unpaired) electrons. The van der Waals surface area contributed by atoms with Crippen LogP contribution in [-0.4, -0.2) is 128 Å². The first-order chi connectivity index (χ1) is 22.3. The fraction of sp³-hybridized carbons (Fsp3) is 0.939. The smallest absolute Gasteiger partial charge is 0.394 e. The summed E-state index contributed by atoms with van der Waals surface area (Å²) in [6.07, 6.45) is -3.92. The van der Waals surface area contributed by atoms with Gasteiger partial charge in [0.25, 0.3) is 0 Å². The normalized spacial score (nSPS) is 50.8. The molecule has 0 spiro atoms. The van der Waals surface area contributed by atoms with Gasteiger partial charge in [0.05, 0.1) is 43.2 Å². The van der Waals surface area contributed by atoms with E-state index >= 15 is 0 Å². The van der Waals surface area contributed by atoms with Crippen LogP contribution in [0.3, 0.4) is 0 Å². The largest absolute Gasteiger partial charge is 0.397 e. The Kier molecular flexibility index (Phi) is 11.2. The van der Waals surface area contributed by atoms with Crippen LogP contribution in [-0.2, 0) is 24.1 Å². The molecule has 0 amide bonds. The van der Waals surface area contributed by atoms with E-state index in [0.29, 0.717) is 38.5 Å². The third-order valence-electron chi connectivity index (χ3n) is 13.0. The molecule has 1 heterocycles. The Bertz CT molecular complexity index is 1260. The number of hydrogen-bond acceptors (Lipinski definition) is 13. The second-order valence-corrected chi connectivity index (χ2v) is 17.0. The number of hydrogen-bond donors (Lipinski definition) is 9. The minimum Gasteiger partial charge on any atom is -0.394 e. The fourth-order valence-corrected chi connectivity index (χ4v) is 11.4. The van der Waals surface area contributed by atoms with Gasteiger partial charge in [0.15, 0.2) is 6.29 Å². The van der Waals surface area contributed by atoms with E-state index in [2.05, 4.69) is 11.1 Å². The van der Waals surface area contributed by atoms with Crippen LogP contribution in [0.5, 0.6) is 0 Å². The van der Waals surface area contributed by atoms with E-state index < -0.39 is 89.1 Å². The Morgan fingerprint density at radius 1 is 0.938 bits per heavy atom. The predicted octanol–water partition coefficient (Wildman–Crippen LogP) is -0.104. The number of aliphatic hydroxyl groups excluding tert-OH is 7. The summed E-state index contributed by atoms with van der Waals surface area (Å²) in [6.45, 7) is 7.36. The maximum Gasteiger partial charge on any atom is 0.397 e. The predicted molar refractivity (Wildman–Crippen MR) is 169 cm³/mol. The molecule has 0 bridgehead atoms. The maximum absolute atomic E-state index is 12.5. The molecule has 5 aliphatic rings. The molecule has 4 aliphatic carbocycles. The number of ether oxygens (including phenoxy) is 2. The highest BCUT2D eigenvalue weighted by Crippen LogP contribution is 2.69. The molecule has 0 aromatic heterocycles. The highest BCUT2D eigenvalue weighted by Gasteiger charge is 2.72. The maximum atomic E-state index is 12.5. The average molecular weight is 709 g/mol. The van der Waals surface area contributed by atoms with Crippen LogP contribution in [0, 0.1) is 46.3 Å². The van der Waals surface area contributed by atoms with E-state index in [9.17, 15) is 49.3 Å². The van der Waals surface area contributed by atoms with Crippen LogP contribution in [0.15, 0.2) is 12.2 Å². The zero-order valence-corrected chi connectivity index (χ0v) is 29.0. The van der Waals surface area contributed by atoms with E-state index in [1.807, 2.05) is 32.9 Å². The molecule has 0 aromatic rings. The van der Waals surface area contributed by atoms with Gasteiger partial charge in [0.1, 0.15) is 24.4 Å². The molecule has 1 saturated heterocycles. The number of fused-ring (bicyclic) bond motifs is 5. The summed E-state index contributed by atoms with van der Waals surface area (Å²) in [6, 6.07) is 0. The molecule has 0 aromatic carbocycles. The molecule has 5 rings (SSSR count). The van der Waals surface area contributed by atoms with Crippen LogP contribution in [0.2, 0.25) is 0 Å². The van der Waals surface area contributed by atoms with Crippen molar-refractivity contribution in [3.05, 3.63) is 12.2 Å². The minimum absolute atomic E-state index is 0.0543. The Labute approximate surface area is 282 Å². The monoisotopic (exact) mass is 708 g/mol. The van der Waals surface area contributed by atoms with Gasteiger partial charge in [-0.05, 0) is 78.9 Å². The standard InChI is InChI=1S/C33H56O14S/c1-16(9-12-45-30-27(40)25(38)28(21(15-34)46-30)47-48(42,43)44)5-6-17(2)23-24(37)26(39)29-32(23,4)11-8-22-31(3)10-7-18(35)13-19(31)20(36)14-33(22,29)41/h5-6,16-30,34-41H,7-15H2,1-4H3,(H,42,43,44). The Morgan fingerprint density at radius 2 is 1.60 bits per heavy atom. The molecule has 15 heteroatoms. The molecule has 48 heavy (non-hydrogen) atoms. The molecule has 278 valence electrons. The van der Waals surface area contributed by atoms with Gasteiger partial charge in [-0.3, -0.25) is 4.55 Å². The summed E-state index contributed by atoms with van der Waals surface area (Å²) in [5.74, 6) is -1.53. The summed E-state index contributed by atoms with van der Waals surface area (Å²) in [4.78, 5) is 0. The van der Waals surface area contributed by atoms with E-state index in [-0.39, 0.29) is 48.0 Å². The van der Waals surface area contributed by atoms with Crippen LogP contribution >= 0.6 is 0 Å². The average Bonchev–Trinajstić information content (AvgIpc) is 3.20. The van der Waals surface area contributed by atoms with E-state index in [4.69, 9.17) is 14.0 Å². The first kappa shape index (κ1) is 38.4. The summed E-state index contributed by atoms with van der Waals surface area (Å²) in [7, 11) is -5.00. The van der Waals surface area contributed by atoms with Crippen molar-refractivity contribution in [1.29, 1.82) is 0 Å². The van der Waals surface area contributed by atoms with Crippen molar-refractivity contribution < 1.29 is 67.5 Å². The third-order valence-corrected chi connectivity index (χ3v) is 13.5. The van der Waals surface area contributed by atoms with Crippen molar-refractivity contribution in [2.75, 3.05) is 13.2 Å². The van der Waals surface area contributed by atoms with Gasteiger partial charge in [0.2, 0.25) is 0 Å². The zero-order chi connectivity index (χ0) is 35.6. The van der Waals surface area contributed by atoms with Gasteiger partial charge in [-0.25, -0.2) is 4.18 Å². The van der Waals surface area contributed by atoms with Crippen LogP contribution in [0.1, 0.15) is 72.6 Å². The quantitative estimate of drug-likeness (QED) is 0.106.